The highest BCUT2D eigenvalue weighted by molar-refractivity contribution is 5.14. The fraction of sp³-hybridized carbons (Fsp3) is 1.00. The van der Waals surface area contributed by atoms with E-state index in [0.717, 1.165) is 64.2 Å². The molecule has 0 bridgehead atoms. The smallest absolute Gasteiger partial charge is 0.187 e. The lowest BCUT2D eigenvalue weighted by atomic mass is 9.44. The number of ether oxygens (including phenoxy) is 7. The van der Waals surface area contributed by atoms with Crippen molar-refractivity contribution in [2.75, 3.05) is 26.4 Å². The molecule has 0 aromatic rings. The Bertz CT molecular complexity index is 1510. The number of hydrogen-bond donors (Lipinski definition) is 11. The third kappa shape index (κ3) is 8.82. The molecule has 63 heavy (non-hydrogen) atoms. The van der Waals surface area contributed by atoms with Gasteiger partial charge in [0.2, 0.25) is 0 Å². The van der Waals surface area contributed by atoms with Gasteiger partial charge in [-0.2, -0.15) is 0 Å². The number of hydrogen-bond acceptors (Lipinski definition) is 18. The monoisotopic (exact) mass is 905 g/mol. The van der Waals surface area contributed by atoms with Crippen molar-refractivity contribution in [1.29, 1.82) is 0 Å². The van der Waals surface area contributed by atoms with Crippen LogP contribution in [-0.4, -0.2) is 193 Å². The highest BCUT2D eigenvalue weighted by Crippen LogP contribution is 2.70. The highest BCUT2D eigenvalue weighted by atomic mass is 16.8. The zero-order valence-electron chi connectivity index (χ0n) is 37.1. The molecule has 0 amide bonds. The Balaban J connectivity index is 0.860. The van der Waals surface area contributed by atoms with Gasteiger partial charge >= 0.3 is 0 Å². The molecule has 4 saturated heterocycles. The van der Waals surface area contributed by atoms with Crippen LogP contribution in [-0.2, 0) is 33.2 Å². The lowest BCUT2D eigenvalue weighted by Gasteiger charge is -2.61. The molecular formula is C45H76O18. The maximum absolute atomic E-state index is 11.2. The largest absolute Gasteiger partial charge is 0.394 e. The van der Waals surface area contributed by atoms with E-state index in [1.807, 2.05) is 0 Å². The molecule has 0 aromatic heterocycles. The third-order valence-corrected chi connectivity index (χ3v) is 17.9. The first kappa shape index (κ1) is 48.7. The van der Waals surface area contributed by atoms with E-state index in [1.165, 1.54) is 0 Å². The van der Waals surface area contributed by atoms with Crippen LogP contribution < -0.4 is 0 Å². The Morgan fingerprint density at radius 2 is 1.25 bits per heavy atom. The Labute approximate surface area is 369 Å². The lowest BCUT2D eigenvalue weighted by molar-refractivity contribution is -0.373. The number of fused-ring (bicyclic) bond motifs is 7. The maximum Gasteiger partial charge on any atom is 0.187 e. The van der Waals surface area contributed by atoms with Gasteiger partial charge in [0, 0.05) is 6.61 Å². The first-order chi connectivity index (χ1) is 29.9. The molecule has 4 heterocycles. The van der Waals surface area contributed by atoms with Gasteiger partial charge in [-0.1, -0.05) is 27.7 Å². The molecule has 0 spiro atoms. The van der Waals surface area contributed by atoms with Crippen LogP contribution in [0.2, 0.25) is 0 Å². The summed E-state index contributed by atoms with van der Waals surface area (Å²) in [6.45, 7) is 8.03. The summed E-state index contributed by atoms with van der Waals surface area (Å²) in [6, 6.07) is 0. The van der Waals surface area contributed by atoms with Crippen LogP contribution >= 0.6 is 0 Å². The molecule has 18 nitrogen and oxygen atoms in total. The van der Waals surface area contributed by atoms with Crippen molar-refractivity contribution in [3.05, 3.63) is 0 Å². The van der Waals surface area contributed by atoms with Crippen LogP contribution in [0.15, 0.2) is 0 Å². The Kier molecular flexibility index (Phi) is 15.0. The summed E-state index contributed by atoms with van der Waals surface area (Å²) < 4.78 is 42.2. The zero-order valence-corrected chi connectivity index (χ0v) is 37.1. The van der Waals surface area contributed by atoms with Crippen molar-refractivity contribution in [1.82, 2.24) is 0 Å². The molecule has 11 N–H and O–H groups in total. The quantitative estimate of drug-likeness (QED) is 0.0979. The fourth-order valence-electron chi connectivity index (χ4n) is 14.3. The topological polar surface area (TPSA) is 287 Å². The average molecular weight is 905 g/mol. The predicted octanol–water partition coefficient (Wildman–Crippen LogP) is -1.10. The van der Waals surface area contributed by atoms with Crippen LogP contribution in [0.3, 0.4) is 0 Å². The van der Waals surface area contributed by atoms with E-state index in [9.17, 15) is 56.2 Å². The second kappa shape index (κ2) is 19.3. The third-order valence-electron chi connectivity index (χ3n) is 17.9. The van der Waals surface area contributed by atoms with E-state index in [4.69, 9.17) is 33.2 Å². The maximum atomic E-state index is 11.2. The minimum absolute atomic E-state index is 0.104. The first-order valence-electron chi connectivity index (χ1n) is 23.8. The van der Waals surface area contributed by atoms with Crippen LogP contribution in [0.1, 0.15) is 91.9 Å². The summed E-state index contributed by atoms with van der Waals surface area (Å²) in [6.07, 6.45) is -11.4. The van der Waals surface area contributed by atoms with Gasteiger partial charge in [-0.3, -0.25) is 0 Å². The van der Waals surface area contributed by atoms with Gasteiger partial charge < -0.3 is 89.3 Å². The second-order valence-electron chi connectivity index (χ2n) is 21.3. The van der Waals surface area contributed by atoms with E-state index in [1.54, 1.807) is 0 Å². The Hall–Kier alpha value is -0.720. The molecule has 4 aliphatic heterocycles. The van der Waals surface area contributed by atoms with E-state index in [2.05, 4.69) is 27.7 Å². The minimum atomic E-state index is -1.74. The molecule has 23 unspecified atom stereocenters. The van der Waals surface area contributed by atoms with Crippen molar-refractivity contribution in [2.24, 2.45) is 52.3 Å². The van der Waals surface area contributed by atoms with Crippen molar-refractivity contribution in [3.63, 3.8) is 0 Å². The lowest BCUT2D eigenvalue weighted by Crippen LogP contribution is -2.65. The summed E-state index contributed by atoms with van der Waals surface area (Å²) >= 11 is 0. The highest BCUT2D eigenvalue weighted by Gasteiger charge is 2.66. The summed E-state index contributed by atoms with van der Waals surface area (Å²) in [4.78, 5) is 0. The van der Waals surface area contributed by atoms with E-state index < -0.39 is 112 Å². The van der Waals surface area contributed by atoms with Crippen LogP contribution in [0.25, 0.3) is 0 Å². The Morgan fingerprint density at radius 1 is 0.603 bits per heavy atom. The number of aliphatic hydroxyl groups excluding tert-OH is 11. The van der Waals surface area contributed by atoms with Crippen molar-refractivity contribution < 1.29 is 89.3 Å². The first-order valence-corrected chi connectivity index (χ1v) is 23.8. The van der Waals surface area contributed by atoms with Gasteiger partial charge in [0.15, 0.2) is 18.9 Å². The van der Waals surface area contributed by atoms with E-state index >= 15 is 0 Å². The molecule has 8 aliphatic rings. The van der Waals surface area contributed by atoms with E-state index in [-0.39, 0.29) is 35.1 Å². The summed E-state index contributed by atoms with van der Waals surface area (Å²) in [5.74, 6) is 3.13. The van der Waals surface area contributed by atoms with Gasteiger partial charge in [-0.25, -0.2) is 0 Å². The average Bonchev–Trinajstić information content (AvgIpc) is 3.75. The minimum Gasteiger partial charge on any atom is -0.394 e. The zero-order chi connectivity index (χ0) is 45.3. The number of aliphatic hydroxyl groups is 11. The normalized spacial score (nSPS) is 55.1. The fourth-order valence-corrected chi connectivity index (χ4v) is 14.3. The summed E-state index contributed by atoms with van der Waals surface area (Å²) in [5, 5.41) is 113. The van der Waals surface area contributed by atoms with Gasteiger partial charge in [0.1, 0.15) is 73.2 Å². The van der Waals surface area contributed by atoms with Gasteiger partial charge in [0.05, 0.1) is 38.1 Å². The van der Waals surface area contributed by atoms with Crippen molar-refractivity contribution >= 4 is 0 Å². The number of rotatable bonds is 13. The van der Waals surface area contributed by atoms with Crippen LogP contribution in [0, 0.1) is 52.3 Å². The molecule has 8 fully saturated rings. The molecule has 364 valence electrons. The predicted molar refractivity (Wildman–Crippen MR) is 218 cm³/mol. The molecule has 0 aromatic carbocycles. The van der Waals surface area contributed by atoms with E-state index in [0.29, 0.717) is 42.1 Å². The second-order valence-corrected chi connectivity index (χ2v) is 21.3. The molecule has 0 radical (unpaired) electrons. The van der Waals surface area contributed by atoms with Gasteiger partial charge in [0.25, 0.3) is 0 Å². The molecule has 4 saturated carbocycles. The van der Waals surface area contributed by atoms with Crippen molar-refractivity contribution in [2.45, 2.75) is 202 Å². The van der Waals surface area contributed by atoms with Crippen molar-refractivity contribution in [3.8, 4) is 0 Å². The molecule has 27 atom stereocenters. The SMILES string of the molecule is CC(CCC1OC2CC3C4CCC5CC(OC6OC(CO)C(O)C(O)C6OC6OC(CO)C(O)C(O)C6O)CC[C@]5(C)C4CC[C@]3(C)[C@H]2[C@@H]1C)COC1C(CO)OC(O)C(O)C1O. The standard InChI is InChI=1S/C45H76O18/c1-19(18-57-39-30(17-48)60-41(56)37(54)36(39)53)5-8-26-20(2)31-27(59-26)14-25-23-7-6-21-13-22(9-11-44(21,3)24(23)10-12-45(25,31)4)58-43-40(35(52)33(50)29(16-47)62-43)63-42-38(55)34(51)32(49)28(15-46)61-42/h19-43,46-56H,5-18H2,1-4H3/t19?,20-,21?,22?,23?,24?,25?,26?,27?,28?,29?,30?,31+,32?,33?,34?,35?,36?,37?,38?,39?,40?,41?,42?,43?,44+,45+/m1/s1. The molecular weight excluding hydrogens is 828 g/mol. The summed E-state index contributed by atoms with van der Waals surface area (Å²) in [5.41, 5.74) is 0.288. The van der Waals surface area contributed by atoms with Gasteiger partial charge in [-0.15, -0.1) is 0 Å². The molecule has 8 rings (SSSR count). The Morgan fingerprint density at radius 3 is 1.95 bits per heavy atom. The molecule has 4 aliphatic carbocycles. The summed E-state index contributed by atoms with van der Waals surface area (Å²) in [7, 11) is 0. The van der Waals surface area contributed by atoms with Crippen LogP contribution in [0.4, 0.5) is 0 Å². The molecule has 18 heteroatoms. The van der Waals surface area contributed by atoms with Crippen LogP contribution in [0.5, 0.6) is 0 Å². The van der Waals surface area contributed by atoms with Gasteiger partial charge in [-0.05, 0) is 116 Å².